The highest BCUT2D eigenvalue weighted by atomic mass is 35.5. The Labute approximate surface area is 218 Å². The monoisotopic (exact) mass is 500 g/mol. The molecular weight excluding hydrogens is 468 g/mol. The highest BCUT2D eigenvalue weighted by molar-refractivity contribution is 6.30. The number of nitrogens with zero attached hydrogens (tertiary/aromatic N) is 3. The van der Waals surface area contributed by atoms with Crippen LogP contribution in [0.4, 0.5) is 5.95 Å². The number of hydrogen-bond acceptors (Lipinski definition) is 3. The second kappa shape index (κ2) is 10.8. The molecular formula is C30H33ClN4O. The molecule has 1 aliphatic heterocycles. The van der Waals surface area contributed by atoms with Crippen molar-refractivity contribution in [3.63, 3.8) is 0 Å². The number of amides is 1. The van der Waals surface area contributed by atoms with Gasteiger partial charge < -0.3 is 14.8 Å². The summed E-state index contributed by atoms with van der Waals surface area (Å²) < 4.78 is 2.34. The fourth-order valence-electron chi connectivity index (χ4n) is 5.07. The topological polar surface area (TPSA) is 50.2 Å². The first-order valence-corrected chi connectivity index (χ1v) is 13.1. The number of hydrogen-bond donors (Lipinski definition) is 1. The van der Waals surface area contributed by atoms with E-state index in [2.05, 4.69) is 65.0 Å². The van der Waals surface area contributed by atoms with E-state index in [9.17, 15) is 4.79 Å². The smallest absolute Gasteiger partial charge is 0.223 e. The highest BCUT2D eigenvalue weighted by Gasteiger charge is 2.27. The van der Waals surface area contributed by atoms with Gasteiger partial charge in [-0.2, -0.15) is 0 Å². The Balaban J connectivity index is 1.25. The third-order valence-corrected chi connectivity index (χ3v) is 7.49. The molecule has 0 radical (unpaired) electrons. The lowest BCUT2D eigenvalue weighted by Gasteiger charge is -2.32. The van der Waals surface area contributed by atoms with Gasteiger partial charge in [-0.25, -0.2) is 4.98 Å². The first-order valence-electron chi connectivity index (χ1n) is 12.8. The predicted molar refractivity (Wildman–Crippen MR) is 148 cm³/mol. The van der Waals surface area contributed by atoms with Gasteiger partial charge in [0.2, 0.25) is 11.9 Å². The average Bonchev–Trinajstić information content (AvgIpc) is 3.26. The second-order valence-corrected chi connectivity index (χ2v) is 10.3. The number of imidazole rings is 1. The molecule has 3 aromatic carbocycles. The van der Waals surface area contributed by atoms with Crippen LogP contribution in [0, 0.1) is 19.8 Å². The van der Waals surface area contributed by atoms with Gasteiger partial charge in [0.15, 0.2) is 0 Å². The molecule has 2 heterocycles. The average molecular weight is 501 g/mol. The molecule has 0 unspecified atom stereocenters. The number of para-hydroxylation sites is 2. The maximum absolute atomic E-state index is 12.8. The van der Waals surface area contributed by atoms with Crippen molar-refractivity contribution < 1.29 is 4.79 Å². The van der Waals surface area contributed by atoms with Crippen molar-refractivity contribution in [1.82, 2.24) is 14.9 Å². The lowest BCUT2D eigenvalue weighted by atomic mass is 9.96. The number of carbonyl (C=O) groups excluding carboxylic acids is 1. The lowest BCUT2D eigenvalue weighted by Crippen LogP contribution is -2.42. The van der Waals surface area contributed by atoms with Gasteiger partial charge in [0.1, 0.15) is 0 Å². The number of nitrogens with one attached hydrogen (secondary N) is 1. The Hall–Kier alpha value is -3.31. The largest absolute Gasteiger partial charge is 0.356 e. The summed E-state index contributed by atoms with van der Waals surface area (Å²) in [6.45, 7) is 7.39. The van der Waals surface area contributed by atoms with Crippen LogP contribution in [0.25, 0.3) is 11.0 Å². The van der Waals surface area contributed by atoms with Crippen molar-refractivity contribution >= 4 is 34.5 Å². The van der Waals surface area contributed by atoms with Crippen molar-refractivity contribution in [2.45, 2.75) is 39.7 Å². The van der Waals surface area contributed by atoms with Gasteiger partial charge in [0.05, 0.1) is 17.6 Å². The van der Waals surface area contributed by atoms with Crippen molar-refractivity contribution in [3.8, 4) is 0 Å². The van der Waals surface area contributed by atoms with E-state index >= 15 is 0 Å². The van der Waals surface area contributed by atoms with E-state index in [1.807, 2.05) is 30.3 Å². The molecule has 1 saturated heterocycles. The Morgan fingerprint density at radius 2 is 1.78 bits per heavy atom. The summed E-state index contributed by atoms with van der Waals surface area (Å²) in [7, 11) is 0. The first kappa shape index (κ1) is 24.4. The molecule has 1 amide bonds. The molecule has 186 valence electrons. The van der Waals surface area contributed by atoms with Gasteiger partial charge in [-0.1, -0.05) is 59.6 Å². The van der Waals surface area contributed by atoms with Crippen LogP contribution in [-0.4, -0.2) is 35.1 Å². The molecule has 36 heavy (non-hydrogen) atoms. The van der Waals surface area contributed by atoms with Crippen LogP contribution in [0.5, 0.6) is 0 Å². The predicted octanol–water partition coefficient (Wildman–Crippen LogP) is 5.93. The van der Waals surface area contributed by atoms with Crippen LogP contribution in [0.15, 0.2) is 66.7 Å². The van der Waals surface area contributed by atoms with Crippen LogP contribution in [0.2, 0.25) is 5.02 Å². The molecule has 5 rings (SSSR count). The summed E-state index contributed by atoms with van der Waals surface area (Å²) in [5.74, 6) is 1.20. The second-order valence-electron chi connectivity index (χ2n) is 9.85. The maximum Gasteiger partial charge on any atom is 0.223 e. The Bertz CT molecular complexity index is 1350. The van der Waals surface area contributed by atoms with Crippen LogP contribution in [0.1, 0.15) is 35.1 Å². The molecule has 1 fully saturated rings. The van der Waals surface area contributed by atoms with Crippen molar-refractivity contribution in [1.29, 1.82) is 0 Å². The minimum atomic E-state index is 0.0447. The van der Waals surface area contributed by atoms with Gasteiger partial charge >= 0.3 is 0 Å². The number of benzene rings is 3. The van der Waals surface area contributed by atoms with Gasteiger partial charge in [-0.3, -0.25) is 4.79 Å². The summed E-state index contributed by atoms with van der Waals surface area (Å²) in [6.07, 6.45) is 2.48. The summed E-state index contributed by atoms with van der Waals surface area (Å²) >= 11 is 5.96. The van der Waals surface area contributed by atoms with Gasteiger partial charge in [-0.05, 0) is 74.1 Å². The number of rotatable bonds is 7. The number of carbonyl (C=O) groups is 1. The summed E-state index contributed by atoms with van der Waals surface area (Å²) in [6, 6.07) is 22.8. The van der Waals surface area contributed by atoms with Crippen LogP contribution < -0.4 is 10.2 Å². The van der Waals surface area contributed by atoms with Gasteiger partial charge in [-0.15, -0.1) is 0 Å². The molecule has 0 atom stereocenters. The number of aryl methyl sites for hydroxylation is 2. The zero-order valence-corrected chi connectivity index (χ0v) is 21.8. The zero-order chi connectivity index (χ0) is 25.1. The molecule has 0 aliphatic carbocycles. The van der Waals surface area contributed by atoms with Gasteiger partial charge in [0.25, 0.3) is 0 Å². The molecule has 1 aliphatic rings. The summed E-state index contributed by atoms with van der Waals surface area (Å²) in [5, 5.41) is 3.87. The molecule has 1 N–H and O–H groups in total. The standard InChI is InChI=1S/C30H33ClN4O/c1-21-7-8-22(2)25(19-21)20-35-28-6-4-3-5-27(28)33-30(35)34-17-14-24(15-18-34)29(36)32-16-13-23-9-11-26(31)12-10-23/h3-12,19,24H,13-18,20H2,1-2H3,(H,32,36). The fourth-order valence-corrected chi connectivity index (χ4v) is 5.19. The van der Waals surface area contributed by atoms with Crippen LogP contribution in [-0.2, 0) is 17.8 Å². The van der Waals surface area contributed by atoms with E-state index in [-0.39, 0.29) is 11.8 Å². The maximum atomic E-state index is 12.8. The molecule has 0 bridgehead atoms. The molecule has 0 spiro atoms. The third kappa shape index (κ3) is 5.41. The van der Waals surface area contributed by atoms with E-state index in [1.54, 1.807) is 0 Å². The van der Waals surface area contributed by atoms with Crippen LogP contribution in [0.3, 0.4) is 0 Å². The van der Waals surface area contributed by atoms with Crippen LogP contribution >= 0.6 is 11.6 Å². The number of halogens is 1. The number of piperidine rings is 1. The van der Waals surface area contributed by atoms with Gasteiger partial charge in [0, 0.05) is 30.6 Å². The molecule has 0 saturated carbocycles. The zero-order valence-electron chi connectivity index (χ0n) is 21.0. The van der Waals surface area contributed by atoms with E-state index in [1.165, 1.54) is 22.3 Å². The Kier molecular flexibility index (Phi) is 7.28. The quantitative estimate of drug-likeness (QED) is 0.342. The third-order valence-electron chi connectivity index (χ3n) is 7.24. The fraction of sp³-hybridized carbons (Fsp3) is 0.333. The van der Waals surface area contributed by atoms with E-state index < -0.39 is 0 Å². The van der Waals surface area contributed by atoms with E-state index in [4.69, 9.17) is 16.6 Å². The molecule has 5 nitrogen and oxygen atoms in total. The summed E-state index contributed by atoms with van der Waals surface area (Å²) in [4.78, 5) is 20.2. The molecule has 6 heteroatoms. The number of fused-ring (bicyclic) bond motifs is 1. The van der Waals surface area contributed by atoms with E-state index in [0.717, 1.165) is 60.9 Å². The van der Waals surface area contributed by atoms with Crippen molar-refractivity contribution in [2.75, 3.05) is 24.5 Å². The Morgan fingerprint density at radius 3 is 2.56 bits per heavy atom. The minimum absolute atomic E-state index is 0.0447. The normalized spacial score (nSPS) is 14.4. The highest BCUT2D eigenvalue weighted by Crippen LogP contribution is 2.28. The van der Waals surface area contributed by atoms with Crippen molar-refractivity contribution in [3.05, 3.63) is 94.0 Å². The minimum Gasteiger partial charge on any atom is -0.356 e. The first-order chi connectivity index (χ1) is 17.5. The molecule has 4 aromatic rings. The van der Waals surface area contributed by atoms with Crippen molar-refractivity contribution in [2.24, 2.45) is 5.92 Å². The summed E-state index contributed by atoms with van der Waals surface area (Å²) in [5.41, 5.74) is 7.21. The molecule has 1 aromatic heterocycles. The van der Waals surface area contributed by atoms with E-state index in [0.29, 0.717) is 6.54 Å². The Morgan fingerprint density at radius 1 is 1.03 bits per heavy atom. The number of aromatic nitrogens is 2. The SMILES string of the molecule is Cc1ccc(C)c(Cn2c(N3CCC(C(=O)NCCc4ccc(Cl)cc4)CC3)nc3ccccc32)c1. The lowest BCUT2D eigenvalue weighted by molar-refractivity contribution is -0.125. The number of anilines is 1.